The number of halogens is 9. The molecule has 0 radical (unpaired) electrons. The number of carboxylic acids is 1. The average molecular weight is 308 g/mol. The molecule has 12 heteroatoms. The number of ether oxygens (including phenoxy) is 1. The minimum atomic E-state index is -6.15. The third-order valence-corrected chi connectivity index (χ3v) is 1.62. The standard InChI is InChI=1S/C7H5F9O3/c8-5(9,10)2(1-3(17)18)19-4(6(11,12)13)7(14,15)16/h2,4H,1H2,(H,17,18). The van der Waals surface area contributed by atoms with Crippen LogP contribution in [0.15, 0.2) is 0 Å². The minimum Gasteiger partial charge on any atom is -0.481 e. The zero-order valence-electron chi connectivity index (χ0n) is 8.53. The summed E-state index contributed by atoms with van der Waals surface area (Å²) < 4.78 is 111. The Morgan fingerprint density at radius 3 is 1.47 bits per heavy atom. The van der Waals surface area contributed by atoms with Gasteiger partial charge < -0.3 is 9.84 Å². The first-order valence-corrected chi connectivity index (χ1v) is 4.23. The molecular formula is C7H5F9O3. The Bertz CT molecular complexity index is 301. The summed E-state index contributed by atoms with van der Waals surface area (Å²) in [6.45, 7) is 0. The van der Waals surface area contributed by atoms with Gasteiger partial charge in [-0.15, -0.1) is 0 Å². The summed E-state index contributed by atoms with van der Waals surface area (Å²) in [6, 6.07) is 0. The quantitative estimate of drug-likeness (QED) is 0.812. The maximum Gasteiger partial charge on any atom is 0.423 e. The first kappa shape index (κ1) is 17.8. The fourth-order valence-corrected chi connectivity index (χ4v) is 0.904. The Labute approximate surface area is 98.5 Å². The van der Waals surface area contributed by atoms with Crippen LogP contribution < -0.4 is 0 Å². The van der Waals surface area contributed by atoms with Crippen molar-refractivity contribution in [2.75, 3.05) is 0 Å². The van der Waals surface area contributed by atoms with Gasteiger partial charge >= 0.3 is 24.5 Å². The second kappa shape index (κ2) is 5.43. The van der Waals surface area contributed by atoms with E-state index in [9.17, 15) is 44.3 Å². The summed E-state index contributed by atoms with van der Waals surface area (Å²) in [4.78, 5) is 9.99. The lowest BCUT2D eigenvalue weighted by atomic mass is 10.2. The van der Waals surface area contributed by atoms with Gasteiger partial charge in [-0.2, -0.15) is 39.5 Å². The van der Waals surface area contributed by atoms with Crippen LogP contribution in [-0.2, 0) is 9.53 Å². The van der Waals surface area contributed by atoms with Crippen LogP contribution in [0.5, 0.6) is 0 Å². The van der Waals surface area contributed by atoms with Gasteiger partial charge in [0, 0.05) is 0 Å². The lowest BCUT2D eigenvalue weighted by Crippen LogP contribution is -2.49. The summed E-state index contributed by atoms with van der Waals surface area (Å²) in [6.07, 6.45) is -28.5. The molecule has 3 nitrogen and oxygen atoms in total. The third kappa shape index (κ3) is 5.98. The zero-order chi connectivity index (χ0) is 15.6. The molecule has 0 spiro atoms. The average Bonchev–Trinajstić information content (AvgIpc) is 2.04. The van der Waals surface area contributed by atoms with Crippen molar-refractivity contribution >= 4 is 5.97 Å². The second-order valence-electron chi connectivity index (χ2n) is 3.23. The Balaban J connectivity index is 5.22. The van der Waals surface area contributed by atoms with E-state index in [4.69, 9.17) is 5.11 Å². The normalized spacial score (nSPS) is 15.7. The molecule has 0 aliphatic rings. The number of hydrogen-bond donors (Lipinski definition) is 1. The molecule has 19 heavy (non-hydrogen) atoms. The van der Waals surface area contributed by atoms with Crippen LogP contribution in [0.2, 0.25) is 0 Å². The van der Waals surface area contributed by atoms with E-state index in [-0.39, 0.29) is 0 Å². The van der Waals surface area contributed by atoms with Gasteiger partial charge in [-0.05, 0) is 0 Å². The first-order chi connectivity index (χ1) is 8.15. The van der Waals surface area contributed by atoms with Crippen LogP contribution in [0.1, 0.15) is 6.42 Å². The van der Waals surface area contributed by atoms with Crippen molar-refractivity contribution in [3.05, 3.63) is 0 Å². The maximum absolute atomic E-state index is 12.1. The van der Waals surface area contributed by atoms with Gasteiger partial charge in [0.1, 0.15) is 0 Å². The van der Waals surface area contributed by atoms with E-state index >= 15 is 0 Å². The molecule has 0 amide bonds. The number of aliphatic carboxylic acids is 1. The number of alkyl halides is 9. The Morgan fingerprint density at radius 2 is 1.26 bits per heavy atom. The maximum atomic E-state index is 12.1. The molecule has 0 aliphatic heterocycles. The molecule has 1 atom stereocenters. The fraction of sp³-hybridized carbons (Fsp3) is 0.857. The lowest BCUT2D eigenvalue weighted by Gasteiger charge is -2.28. The van der Waals surface area contributed by atoms with Gasteiger partial charge in [0.2, 0.25) is 6.10 Å². The van der Waals surface area contributed by atoms with E-state index in [2.05, 4.69) is 4.74 Å². The summed E-state index contributed by atoms with van der Waals surface area (Å²) >= 11 is 0. The molecule has 1 N–H and O–H groups in total. The van der Waals surface area contributed by atoms with E-state index in [1.54, 1.807) is 0 Å². The van der Waals surface area contributed by atoms with Gasteiger partial charge in [-0.1, -0.05) is 0 Å². The molecule has 0 aromatic rings. The third-order valence-electron chi connectivity index (χ3n) is 1.62. The molecule has 114 valence electrons. The highest BCUT2D eigenvalue weighted by Crippen LogP contribution is 2.39. The van der Waals surface area contributed by atoms with Crippen LogP contribution in [0.3, 0.4) is 0 Å². The predicted octanol–water partition coefficient (Wildman–Crippen LogP) is 2.90. The van der Waals surface area contributed by atoms with E-state index in [1.165, 1.54) is 0 Å². The molecule has 0 aromatic carbocycles. The topological polar surface area (TPSA) is 46.5 Å². The zero-order valence-corrected chi connectivity index (χ0v) is 8.53. The van der Waals surface area contributed by atoms with Crippen LogP contribution in [0.25, 0.3) is 0 Å². The van der Waals surface area contributed by atoms with E-state index in [1.807, 2.05) is 0 Å². The van der Waals surface area contributed by atoms with Crippen LogP contribution in [0, 0.1) is 0 Å². The van der Waals surface area contributed by atoms with Crippen molar-refractivity contribution < 1.29 is 54.2 Å². The molecule has 0 saturated heterocycles. The SMILES string of the molecule is O=C(O)CC(OC(C(F)(F)F)C(F)(F)F)C(F)(F)F. The van der Waals surface area contributed by atoms with Crippen LogP contribution in [0.4, 0.5) is 39.5 Å². The molecule has 1 unspecified atom stereocenters. The number of carboxylic acid groups (broad SMARTS) is 1. The number of carbonyl (C=O) groups is 1. The summed E-state index contributed by atoms with van der Waals surface area (Å²) in [5.41, 5.74) is 0. The highest BCUT2D eigenvalue weighted by Gasteiger charge is 2.61. The van der Waals surface area contributed by atoms with Gasteiger partial charge in [0.25, 0.3) is 0 Å². The minimum absolute atomic E-state index is 2.08. The highest BCUT2D eigenvalue weighted by molar-refractivity contribution is 5.67. The molecule has 0 bridgehead atoms. The van der Waals surface area contributed by atoms with Crippen molar-refractivity contribution in [1.29, 1.82) is 0 Å². The Kier molecular flexibility index (Phi) is 5.08. The summed E-state index contributed by atoms with van der Waals surface area (Å²) in [5.74, 6) is -2.26. The number of hydrogen-bond acceptors (Lipinski definition) is 2. The first-order valence-electron chi connectivity index (χ1n) is 4.23. The largest absolute Gasteiger partial charge is 0.481 e. The lowest BCUT2D eigenvalue weighted by molar-refractivity contribution is -0.354. The monoisotopic (exact) mass is 308 g/mol. The molecule has 0 fully saturated rings. The smallest absolute Gasteiger partial charge is 0.423 e. The van der Waals surface area contributed by atoms with E-state index < -0.39 is 43.1 Å². The van der Waals surface area contributed by atoms with Gasteiger partial charge in [0.05, 0.1) is 6.42 Å². The van der Waals surface area contributed by atoms with E-state index in [0.29, 0.717) is 0 Å². The molecule has 0 heterocycles. The Hall–Kier alpha value is -1.20. The van der Waals surface area contributed by atoms with Crippen molar-refractivity contribution in [2.45, 2.75) is 37.2 Å². The fourth-order valence-electron chi connectivity index (χ4n) is 0.904. The van der Waals surface area contributed by atoms with Crippen molar-refractivity contribution in [3.63, 3.8) is 0 Å². The highest BCUT2D eigenvalue weighted by atomic mass is 19.4. The summed E-state index contributed by atoms with van der Waals surface area (Å²) in [5, 5.41) is 8.02. The van der Waals surface area contributed by atoms with Gasteiger partial charge in [-0.25, -0.2) is 0 Å². The van der Waals surface area contributed by atoms with Gasteiger partial charge in [-0.3, -0.25) is 4.79 Å². The predicted molar refractivity (Wildman–Crippen MR) is 39.1 cm³/mol. The van der Waals surface area contributed by atoms with E-state index in [0.717, 1.165) is 0 Å². The van der Waals surface area contributed by atoms with Crippen molar-refractivity contribution in [2.24, 2.45) is 0 Å². The van der Waals surface area contributed by atoms with Crippen molar-refractivity contribution in [1.82, 2.24) is 0 Å². The summed E-state index contributed by atoms with van der Waals surface area (Å²) in [7, 11) is 0. The second-order valence-corrected chi connectivity index (χ2v) is 3.23. The molecular weight excluding hydrogens is 303 g/mol. The van der Waals surface area contributed by atoms with Crippen LogP contribution in [-0.4, -0.2) is 41.8 Å². The molecule has 0 aliphatic carbocycles. The van der Waals surface area contributed by atoms with Crippen molar-refractivity contribution in [3.8, 4) is 0 Å². The molecule has 0 rings (SSSR count). The molecule has 0 saturated carbocycles. The van der Waals surface area contributed by atoms with Crippen LogP contribution >= 0.6 is 0 Å². The van der Waals surface area contributed by atoms with Gasteiger partial charge in [0.15, 0.2) is 6.10 Å². The molecule has 0 aromatic heterocycles. The number of rotatable bonds is 4. The Morgan fingerprint density at radius 1 is 0.895 bits per heavy atom.